The second kappa shape index (κ2) is 17.5. The molecular formula is C20H32O2. The van der Waals surface area contributed by atoms with Crippen LogP contribution in [0.5, 0.6) is 0 Å². The molecule has 0 fully saturated rings. The van der Waals surface area contributed by atoms with Crippen LogP contribution in [-0.4, -0.2) is 11.1 Å². The zero-order chi connectivity index (χ0) is 16.3. The minimum atomic E-state index is -0.712. The molecule has 0 amide bonds. The van der Waals surface area contributed by atoms with Gasteiger partial charge in [0.15, 0.2) is 0 Å². The van der Waals surface area contributed by atoms with Gasteiger partial charge in [0.1, 0.15) is 0 Å². The van der Waals surface area contributed by atoms with Crippen molar-refractivity contribution in [3.63, 3.8) is 0 Å². The van der Waals surface area contributed by atoms with Gasteiger partial charge < -0.3 is 5.11 Å². The smallest absolute Gasteiger partial charge is 0.303 e. The van der Waals surface area contributed by atoms with Crippen LogP contribution in [0.4, 0.5) is 0 Å². The molecule has 0 heterocycles. The first-order valence-electron chi connectivity index (χ1n) is 8.59. The SMILES string of the molecule is CCCCC/C=C\C/C=C\C/C=C\C/C=C\CCC[20C](=O)O. The van der Waals surface area contributed by atoms with Crippen molar-refractivity contribution in [2.45, 2.75) is 71.1 Å². The number of unbranched alkanes of at least 4 members (excludes halogenated alkanes) is 4. The van der Waals surface area contributed by atoms with Gasteiger partial charge in [0, 0.05) is 6.42 Å². The lowest BCUT2D eigenvalue weighted by molar-refractivity contribution is -0.137. The Hall–Kier alpha value is -1.57. The van der Waals surface area contributed by atoms with Gasteiger partial charge in [0.05, 0.1) is 0 Å². The van der Waals surface area contributed by atoms with Gasteiger partial charge in [0.25, 0.3) is 0 Å². The minimum Gasteiger partial charge on any atom is -0.481 e. The number of rotatable bonds is 14. The van der Waals surface area contributed by atoms with E-state index in [1.165, 1.54) is 25.7 Å². The van der Waals surface area contributed by atoms with E-state index in [0.717, 1.165) is 32.1 Å². The summed E-state index contributed by atoms with van der Waals surface area (Å²) in [6.45, 7) is 2.23. The second-order valence-electron chi connectivity index (χ2n) is 5.37. The molecule has 0 aliphatic heterocycles. The molecule has 0 bridgehead atoms. The van der Waals surface area contributed by atoms with Gasteiger partial charge in [0.2, 0.25) is 0 Å². The molecule has 1 N–H and O–H groups in total. The van der Waals surface area contributed by atoms with E-state index in [1.54, 1.807) is 0 Å². The van der Waals surface area contributed by atoms with Crippen LogP contribution in [0.1, 0.15) is 71.1 Å². The lowest BCUT2D eigenvalue weighted by Crippen LogP contribution is -1.92. The maximum atomic E-state index is 10.3. The first kappa shape index (κ1) is 20.4. The quantitative estimate of drug-likeness (QED) is 0.305. The third-order valence-corrected chi connectivity index (χ3v) is 3.22. The summed E-state index contributed by atoms with van der Waals surface area (Å²) < 4.78 is 0. The zero-order valence-electron chi connectivity index (χ0n) is 14.0. The topological polar surface area (TPSA) is 37.3 Å². The van der Waals surface area contributed by atoms with E-state index in [-0.39, 0.29) is 6.42 Å². The van der Waals surface area contributed by atoms with Crippen LogP contribution >= 0.6 is 0 Å². The molecule has 0 aliphatic rings. The molecule has 0 rings (SSSR count). The van der Waals surface area contributed by atoms with Crippen molar-refractivity contribution in [2.24, 2.45) is 0 Å². The van der Waals surface area contributed by atoms with E-state index in [9.17, 15) is 4.79 Å². The molecule has 0 radical (unpaired) electrons. The number of aliphatic carboxylic acids is 1. The summed E-state index contributed by atoms with van der Waals surface area (Å²) in [5.74, 6) is -0.712. The first-order valence-corrected chi connectivity index (χ1v) is 8.59. The van der Waals surface area contributed by atoms with Crippen LogP contribution in [0.2, 0.25) is 0 Å². The number of carboxylic acid groups (broad SMARTS) is 1. The summed E-state index contributed by atoms with van der Waals surface area (Å²) >= 11 is 0. The molecule has 0 atom stereocenters. The predicted molar refractivity (Wildman–Crippen MR) is 96.0 cm³/mol. The maximum absolute atomic E-state index is 10.3. The average Bonchev–Trinajstić information content (AvgIpc) is 2.50. The Balaban J connectivity index is 3.40. The molecular weight excluding hydrogens is 280 g/mol. The second-order valence-corrected chi connectivity index (χ2v) is 5.37. The van der Waals surface area contributed by atoms with Crippen molar-refractivity contribution in [3.05, 3.63) is 48.6 Å². The highest BCUT2D eigenvalue weighted by Crippen LogP contribution is 2.01. The van der Waals surface area contributed by atoms with Crippen molar-refractivity contribution in [1.29, 1.82) is 0 Å². The standard InChI is InChI=1S/C20H32O2/c1-2-3-4-5-6-7-8-9-10-11-12-13-14-15-16-17-18-19-20(21)22/h6-7,9-10,12-13,15-16H,2-5,8,11,14,17-19H2,1H3,(H,21,22)/b7-6-,10-9-,13-12-,16-15-/i20+8. The van der Waals surface area contributed by atoms with Gasteiger partial charge >= 0.3 is 5.97 Å². The molecule has 124 valence electrons. The minimum absolute atomic E-state index is 0.262. The van der Waals surface area contributed by atoms with Crippen molar-refractivity contribution >= 4 is 5.97 Å². The van der Waals surface area contributed by atoms with Crippen LogP contribution < -0.4 is 0 Å². The Kier molecular flexibility index (Phi) is 16.2. The van der Waals surface area contributed by atoms with E-state index in [0.29, 0.717) is 0 Å². The number of carboxylic acids is 1. The Bertz CT molecular complexity index is 362. The molecule has 22 heavy (non-hydrogen) atoms. The highest BCUT2D eigenvalue weighted by atomic mass is 20.5. The highest BCUT2D eigenvalue weighted by molar-refractivity contribution is 5.66. The van der Waals surface area contributed by atoms with E-state index in [2.05, 4.69) is 55.5 Å². The largest absolute Gasteiger partial charge is 0.481 e. The normalized spacial score (nSPS) is 12.4. The third-order valence-electron chi connectivity index (χ3n) is 3.22. The summed E-state index contributed by atoms with van der Waals surface area (Å²) in [7, 11) is 0. The van der Waals surface area contributed by atoms with Crippen molar-refractivity contribution in [2.75, 3.05) is 0 Å². The summed E-state index contributed by atoms with van der Waals surface area (Å²) in [5, 5.41) is 8.49. The van der Waals surface area contributed by atoms with E-state index in [4.69, 9.17) is 5.11 Å². The molecule has 0 saturated heterocycles. The Morgan fingerprint density at radius 2 is 1.18 bits per heavy atom. The average molecular weight is 313 g/mol. The van der Waals surface area contributed by atoms with Crippen LogP contribution in [0.25, 0.3) is 0 Å². The lowest BCUT2D eigenvalue weighted by atomic mass is 10.2. The van der Waals surface area contributed by atoms with E-state index < -0.39 is 5.97 Å². The number of hydrogen-bond acceptors (Lipinski definition) is 1. The fourth-order valence-electron chi connectivity index (χ4n) is 1.93. The molecule has 0 spiro atoms. The van der Waals surface area contributed by atoms with Gasteiger partial charge in [-0.2, -0.15) is 0 Å². The van der Waals surface area contributed by atoms with E-state index >= 15 is 0 Å². The summed E-state index contributed by atoms with van der Waals surface area (Å²) in [5.41, 5.74) is 0. The number of hydrogen-bond donors (Lipinski definition) is 1. The van der Waals surface area contributed by atoms with Gasteiger partial charge in [-0.15, -0.1) is 0 Å². The molecule has 0 aliphatic carbocycles. The molecule has 0 saturated carbocycles. The summed E-state index contributed by atoms with van der Waals surface area (Å²) in [6, 6.07) is 0. The van der Waals surface area contributed by atoms with Crippen LogP contribution in [-0.2, 0) is 4.79 Å². The van der Waals surface area contributed by atoms with Crippen LogP contribution in [0.3, 0.4) is 0 Å². The maximum Gasteiger partial charge on any atom is 0.303 e. The van der Waals surface area contributed by atoms with Gasteiger partial charge in [-0.1, -0.05) is 68.4 Å². The van der Waals surface area contributed by atoms with Gasteiger partial charge in [-0.05, 0) is 44.9 Å². The zero-order valence-corrected chi connectivity index (χ0v) is 14.0. The van der Waals surface area contributed by atoms with E-state index in [1.807, 2.05) is 0 Å². The fourth-order valence-corrected chi connectivity index (χ4v) is 1.93. The van der Waals surface area contributed by atoms with Crippen molar-refractivity contribution in [3.8, 4) is 0 Å². The fraction of sp³-hybridized carbons (Fsp3) is 0.550. The van der Waals surface area contributed by atoms with Crippen molar-refractivity contribution in [1.82, 2.24) is 0 Å². The highest BCUT2D eigenvalue weighted by Gasteiger charge is 1.92. The molecule has 0 aromatic carbocycles. The Morgan fingerprint density at radius 1 is 0.727 bits per heavy atom. The molecule has 0 aromatic rings. The van der Waals surface area contributed by atoms with Crippen LogP contribution in [0, 0.1) is 0 Å². The summed E-state index contributed by atoms with van der Waals surface area (Å²) in [4.78, 5) is 10.3. The lowest BCUT2D eigenvalue weighted by Gasteiger charge is -1.90. The Morgan fingerprint density at radius 3 is 1.64 bits per heavy atom. The molecule has 0 aromatic heterocycles. The number of carbonyl (C=O) groups is 1. The summed E-state index contributed by atoms with van der Waals surface area (Å²) in [6.07, 6.45) is 27.3. The predicted octanol–water partition coefficient (Wildman–Crippen LogP) is 6.22. The van der Waals surface area contributed by atoms with Crippen LogP contribution in [0.15, 0.2) is 48.6 Å². The first-order chi connectivity index (χ1) is 10.8. The Labute approximate surface area is 136 Å². The third kappa shape index (κ3) is 18.4. The monoisotopic (exact) mass is 312 g/mol. The number of allylic oxidation sites excluding steroid dienone is 8. The molecule has 2 heteroatoms. The van der Waals surface area contributed by atoms with Gasteiger partial charge in [-0.25, -0.2) is 0 Å². The molecule has 0 unspecified atom stereocenters. The molecule has 2 nitrogen and oxygen atoms in total. The van der Waals surface area contributed by atoms with Crippen molar-refractivity contribution < 1.29 is 9.90 Å². The van der Waals surface area contributed by atoms with Gasteiger partial charge in [-0.3, -0.25) is 4.79 Å².